The smallest absolute Gasteiger partial charge is 0.233 e. The molecule has 0 heterocycles. The number of hydrogen-bond donors (Lipinski definition) is 2. The molecule has 3 nitrogen and oxygen atoms in total. The van der Waals surface area contributed by atoms with Gasteiger partial charge in [-0.2, -0.15) is 0 Å². The number of carbonyl (C=O) groups excluding carboxylic acids is 1. The number of hydrogen-bond acceptors (Lipinski definition) is 2. The van der Waals surface area contributed by atoms with Crippen molar-refractivity contribution in [3.05, 3.63) is 0 Å². The van der Waals surface area contributed by atoms with Crippen LogP contribution < -0.4 is 10.6 Å². The fraction of sp³-hybridized carbons (Fsp3) is 0.917. The lowest BCUT2D eigenvalue weighted by atomic mass is 10.0. The van der Waals surface area contributed by atoms with Gasteiger partial charge < -0.3 is 10.6 Å². The molecule has 0 atom stereocenters. The summed E-state index contributed by atoms with van der Waals surface area (Å²) in [5.41, 5.74) is 0. The number of likely N-dealkylation sites (N-methyl/N-ethyl adjacent to an activating group) is 1. The first-order chi connectivity index (χ1) is 7.16. The van der Waals surface area contributed by atoms with E-state index in [2.05, 4.69) is 24.5 Å². The maximum absolute atomic E-state index is 11.0. The molecule has 0 spiro atoms. The second-order valence-corrected chi connectivity index (χ2v) is 4.48. The van der Waals surface area contributed by atoms with E-state index >= 15 is 0 Å². The maximum atomic E-state index is 11.0. The van der Waals surface area contributed by atoms with Crippen molar-refractivity contribution < 1.29 is 4.79 Å². The molecule has 0 aromatic carbocycles. The quantitative estimate of drug-likeness (QED) is 0.576. The van der Waals surface area contributed by atoms with Crippen LogP contribution in [0.2, 0.25) is 0 Å². The lowest BCUT2D eigenvalue weighted by Gasteiger charge is -2.05. The summed E-state index contributed by atoms with van der Waals surface area (Å²) in [6.07, 6.45) is 6.27. The third kappa shape index (κ3) is 11.4. The van der Waals surface area contributed by atoms with Crippen LogP contribution in [0.15, 0.2) is 0 Å². The molecule has 90 valence electrons. The standard InChI is InChI=1S/C12H26N2O/c1-11(2)8-6-4-5-7-9-14-12(15)10-13-3/h11,13H,4-10H2,1-3H3,(H,14,15). The molecular weight excluding hydrogens is 188 g/mol. The second-order valence-electron chi connectivity index (χ2n) is 4.48. The van der Waals surface area contributed by atoms with E-state index in [9.17, 15) is 4.79 Å². The Morgan fingerprint density at radius 1 is 1.13 bits per heavy atom. The first-order valence-corrected chi connectivity index (χ1v) is 6.08. The molecule has 0 aliphatic heterocycles. The van der Waals surface area contributed by atoms with Crippen molar-refractivity contribution >= 4 is 5.91 Å². The molecule has 3 heteroatoms. The molecule has 0 saturated carbocycles. The zero-order valence-electron chi connectivity index (χ0n) is 10.4. The molecule has 0 aliphatic carbocycles. The number of unbranched alkanes of at least 4 members (excludes halogenated alkanes) is 3. The third-order valence-corrected chi connectivity index (χ3v) is 2.37. The highest BCUT2D eigenvalue weighted by Crippen LogP contribution is 2.08. The Morgan fingerprint density at radius 2 is 1.80 bits per heavy atom. The Kier molecular flexibility index (Phi) is 9.59. The van der Waals surface area contributed by atoms with Gasteiger partial charge in [0.05, 0.1) is 6.54 Å². The van der Waals surface area contributed by atoms with Crippen molar-refractivity contribution in [2.24, 2.45) is 5.92 Å². The Bertz CT molecular complexity index is 158. The zero-order chi connectivity index (χ0) is 11.5. The highest BCUT2D eigenvalue weighted by Gasteiger charge is 1.97. The summed E-state index contributed by atoms with van der Waals surface area (Å²) in [6, 6.07) is 0. The Balaban J connectivity index is 3.08. The molecule has 0 radical (unpaired) electrons. The molecule has 2 N–H and O–H groups in total. The van der Waals surface area contributed by atoms with Gasteiger partial charge in [-0.3, -0.25) is 4.79 Å². The Morgan fingerprint density at radius 3 is 2.40 bits per heavy atom. The number of nitrogens with one attached hydrogen (secondary N) is 2. The maximum Gasteiger partial charge on any atom is 0.233 e. The summed E-state index contributed by atoms with van der Waals surface area (Å²) in [6.45, 7) is 5.77. The van der Waals surface area contributed by atoms with Crippen molar-refractivity contribution in [2.75, 3.05) is 20.1 Å². The second kappa shape index (κ2) is 9.97. The van der Waals surface area contributed by atoms with E-state index in [0.717, 1.165) is 18.9 Å². The Hall–Kier alpha value is -0.570. The van der Waals surface area contributed by atoms with E-state index in [-0.39, 0.29) is 5.91 Å². The van der Waals surface area contributed by atoms with E-state index in [1.54, 1.807) is 7.05 Å². The van der Waals surface area contributed by atoms with Crippen molar-refractivity contribution in [2.45, 2.75) is 46.0 Å². The molecule has 0 aromatic rings. The normalized spacial score (nSPS) is 10.7. The number of carbonyl (C=O) groups is 1. The summed E-state index contributed by atoms with van der Waals surface area (Å²) < 4.78 is 0. The van der Waals surface area contributed by atoms with Crippen LogP contribution in [0.4, 0.5) is 0 Å². The predicted octanol–water partition coefficient (Wildman–Crippen LogP) is 1.93. The monoisotopic (exact) mass is 214 g/mol. The van der Waals surface area contributed by atoms with Crippen molar-refractivity contribution in [3.8, 4) is 0 Å². The summed E-state index contributed by atoms with van der Waals surface area (Å²) in [4.78, 5) is 11.0. The van der Waals surface area contributed by atoms with Gasteiger partial charge in [-0.25, -0.2) is 0 Å². The van der Waals surface area contributed by atoms with Crippen LogP contribution in [0.25, 0.3) is 0 Å². The van der Waals surface area contributed by atoms with E-state index in [1.165, 1.54) is 25.7 Å². The van der Waals surface area contributed by atoms with Gasteiger partial charge in [0.25, 0.3) is 0 Å². The summed E-state index contributed by atoms with van der Waals surface area (Å²) in [5.74, 6) is 0.917. The van der Waals surface area contributed by atoms with Gasteiger partial charge in [0.1, 0.15) is 0 Å². The molecule has 0 fully saturated rings. The van der Waals surface area contributed by atoms with Crippen molar-refractivity contribution in [1.82, 2.24) is 10.6 Å². The third-order valence-electron chi connectivity index (χ3n) is 2.37. The molecule has 0 aliphatic rings. The number of amides is 1. The van der Waals surface area contributed by atoms with Gasteiger partial charge in [0.15, 0.2) is 0 Å². The van der Waals surface area contributed by atoms with Crippen molar-refractivity contribution in [3.63, 3.8) is 0 Å². The SMILES string of the molecule is CNCC(=O)NCCCCCCC(C)C. The van der Waals surface area contributed by atoms with Gasteiger partial charge >= 0.3 is 0 Å². The van der Waals surface area contributed by atoms with Gasteiger partial charge in [-0.15, -0.1) is 0 Å². The minimum absolute atomic E-state index is 0.0969. The minimum atomic E-state index is 0.0969. The molecule has 0 rings (SSSR count). The average Bonchev–Trinajstić information content (AvgIpc) is 2.16. The highest BCUT2D eigenvalue weighted by atomic mass is 16.1. The molecule has 1 amide bonds. The van der Waals surface area contributed by atoms with Crippen LogP contribution in [0.5, 0.6) is 0 Å². The highest BCUT2D eigenvalue weighted by molar-refractivity contribution is 5.77. The van der Waals surface area contributed by atoms with E-state index in [0.29, 0.717) is 6.54 Å². The van der Waals surface area contributed by atoms with Crippen LogP contribution in [-0.4, -0.2) is 26.0 Å². The van der Waals surface area contributed by atoms with Crippen LogP contribution >= 0.6 is 0 Å². The first kappa shape index (κ1) is 14.4. The number of rotatable bonds is 9. The summed E-state index contributed by atoms with van der Waals surface area (Å²) in [7, 11) is 1.78. The molecule has 15 heavy (non-hydrogen) atoms. The Labute approximate surface area is 94.0 Å². The van der Waals surface area contributed by atoms with Crippen LogP contribution in [0, 0.1) is 5.92 Å². The van der Waals surface area contributed by atoms with Gasteiger partial charge in [0.2, 0.25) is 5.91 Å². The van der Waals surface area contributed by atoms with Gasteiger partial charge in [-0.1, -0.05) is 39.5 Å². The summed E-state index contributed by atoms with van der Waals surface area (Å²) in [5, 5.41) is 5.71. The lowest BCUT2D eigenvalue weighted by molar-refractivity contribution is -0.120. The topological polar surface area (TPSA) is 41.1 Å². The van der Waals surface area contributed by atoms with E-state index in [4.69, 9.17) is 0 Å². The largest absolute Gasteiger partial charge is 0.355 e. The average molecular weight is 214 g/mol. The molecule has 0 unspecified atom stereocenters. The molecule has 0 bridgehead atoms. The zero-order valence-corrected chi connectivity index (χ0v) is 10.4. The molecule has 0 aromatic heterocycles. The first-order valence-electron chi connectivity index (χ1n) is 6.08. The van der Waals surface area contributed by atoms with Crippen LogP contribution in [0.1, 0.15) is 46.0 Å². The van der Waals surface area contributed by atoms with Crippen molar-refractivity contribution in [1.29, 1.82) is 0 Å². The minimum Gasteiger partial charge on any atom is -0.355 e. The fourth-order valence-electron chi connectivity index (χ4n) is 1.48. The van der Waals surface area contributed by atoms with Gasteiger partial charge in [-0.05, 0) is 19.4 Å². The van der Waals surface area contributed by atoms with E-state index in [1.807, 2.05) is 0 Å². The lowest BCUT2D eigenvalue weighted by Crippen LogP contribution is -2.32. The molecule has 0 saturated heterocycles. The predicted molar refractivity (Wildman–Crippen MR) is 64.9 cm³/mol. The van der Waals surface area contributed by atoms with E-state index < -0.39 is 0 Å². The summed E-state index contributed by atoms with van der Waals surface area (Å²) >= 11 is 0. The van der Waals surface area contributed by atoms with Crippen LogP contribution in [0.3, 0.4) is 0 Å². The van der Waals surface area contributed by atoms with Crippen LogP contribution in [-0.2, 0) is 4.79 Å². The fourth-order valence-corrected chi connectivity index (χ4v) is 1.48. The van der Waals surface area contributed by atoms with Gasteiger partial charge in [0, 0.05) is 6.54 Å². The molecular formula is C12H26N2O.